The summed E-state index contributed by atoms with van der Waals surface area (Å²) in [6, 6.07) is 2.09. The van der Waals surface area contributed by atoms with E-state index in [0.29, 0.717) is 5.69 Å². The molecule has 12 heteroatoms. The summed E-state index contributed by atoms with van der Waals surface area (Å²) in [4.78, 5) is 57.2. The van der Waals surface area contributed by atoms with E-state index in [0.717, 1.165) is 5.56 Å². The highest BCUT2D eigenvalue weighted by molar-refractivity contribution is 5.94. The lowest BCUT2D eigenvalue weighted by Gasteiger charge is -2.28. The molecule has 2 rings (SSSR count). The first-order chi connectivity index (χ1) is 17.4. The van der Waals surface area contributed by atoms with Crippen LogP contribution in [0, 0.1) is 11.8 Å². The number of carbonyl (C=O) groups excluding carboxylic acids is 3. The normalized spacial score (nSPS) is 14.5. The van der Waals surface area contributed by atoms with Crippen LogP contribution in [0.3, 0.4) is 0 Å². The average molecular weight is 517 g/mol. The number of nitrogens with zero attached hydrogens (tertiary/aromatic N) is 1. The van der Waals surface area contributed by atoms with E-state index in [2.05, 4.69) is 25.9 Å². The second-order valence-corrected chi connectivity index (χ2v) is 9.62. The van der Waals surface area contributed by atoms with Crippen LogP contribution in [0.5, 0.6) is 5.75 Å². The van der Waals surface area contributed by atoms with Crippen LogP contribution in [-0.2, 0) is 32.0 Å². The Kier molecular flexibility index (Phi) is 10.6. The van der Waals surface area contributed by atoms with Gasteiger partial charge in [0.1, 0.15) is 23.9 Å². The lowest BCUT2D eigenvalue weighted by Crippen LogP contribution is -2.59. The predicted octanol–water partition coefficient (Wildman–Crippen LogP) is 0.0788. The van der Waals surface area contributed by atoms with Gasteiger partial charge in [-0.3, -0.25) is 14.4 Å². The molecule has 0 saturated heterocycles. The van der Waals surface area contributed by atoms with Crippen molar-refractivity contribution in [2.75, 3.05) is 0 Å². The minimum absolute atomic E-state index is 0.0105. The lowest BCUT2D eigenvalue weighted by atomic mass is 9.98. The van der Waals surface area contributed by atoms with E-state index in [1.807, 2.05) is 0 Å². The number of hydrogen-bond donors (Lipinski definition) is 7. The Bertz CT molecular complexity index is 1050. The first kappa shape index (κ1) is 29.3. The molecule has 1 aromatic carbocycles. The Morgan fingerprint density at radius 2 is 1.43 bits per heavy atom. The standard InChI is InChI=1S/C25H36N6O6/c1-13(2)20(23(34)29-19(25(36)37)10-16-11-27-12-28-16)31-24(35)21(14(3)4)30-22(33)18(26)9-15-5-7-17(32)8-6-15/h5-8,11-14,18-21,32H,9-10,26H2,1-4H3,(H,27,28)(H,29,34)(H,30,33)(H,31,35)(H,36,37). The Labute approximate surface area is 215 Å². The maximum Gasteiger partial charge on any atom is 0.326 e. The van der Waals surface area contributed by atoms with Gasteiger partial charge >= 0.3 is 5.97 Å². The SMILES string of the molecule is CC(C)C(NC(=O)C(N)Cc1ccc(O)cc1)C(=O)NC(C(=O)NC(Cc1cnc[nH]1)C(=O)O)C(C)C. The molecule has 0 aliphatic rings. The van der Waals surface area contributed by atoms with Gasteiger partial charge in [0, 0.05) is 18.3 Å². The van der Waals surface area contributed by atoms with Gasteiger partial charge in [-0.2, -0.15) is 0 Å². The van der Waals surface area contributed by atoms with Gasteiger partial charge in [-0.15, -0.1) is 0 Å². The highest BCUT2D eigenvalue weighted by atomic mass is 16.4. The number of imidazole rings is 1. The fourth-order valence-corrected chi connectivity index (χ4v) is 3.63. The predicted molar refractivity (Wildman–Crippen MR) is 135 cm³/mol. The number of phenols is 1. The molecule has 3 amide bonds. The fourth-order valence-electron chi connectivity index (χ4n) is 3.63. The molecule has 0 radical (unpaired) electrons. The quantitative estimate of drug-likeness (QED) is 0.194. The summed E-state index contributed by atoms with van der Waals surface area (Å²) in [6.45, 7) is 6.91. The number of carboxylic acid groups (broad SMARTS) is 1. The third kappa shape index (κ3) is 8.90. The highest BCUT2D eigenvalue weighted by Gasteiger charge is 2.33. The van der Waals surface area contributed by atoms with Gasteiger partial charge in [-0.25, -0.2) is 9.78 Å². The Morgan fingerprint density at radius 3 is 1.92 bits per heavy atom. The monoisotopic (exact) mass is 516 g/mol. The summed E-state index contributed by atoms with van der Waals surface area (Å²) in [7, 11) is 0. The Morgan fingerprint density at radius 1 is 0.892 bits per heavy atom. The van der Waals surface area contributed by atoms with Gasteiger partial charge in [0.05, 0.1) is 12.4 Å². The van der Waals surface area contributed by atoms with E-state index in [-0.39, 0.29) is 30.4 Å². The maximum atomic E-state index is 13.1. The number of aliphatic carboxylic acids is 1. The van der Waals surface area contributed by atoms with Crippen molar-refractivity contribution in [3.63, 3.8) is 0 Å². The van der Waals surface area contributed by atoms with Gasteiger partial charge in [0.25, 0.3) is 0 Å². The molecule has 0 aliphatic heterocycles. The third-order valence-corrected chi connectivity index (χ3v) is 5.82. The van der Waals surface area contributed by atoms with E-state index >= 15 is 0 Å². The summed E-state index contributed by atoms with van der Waals surface area (Å²) in [6.07, 6.45) is 3.06. The fraction of sp³-hybridized carbons (Fsp3) is 0.480. The van der Waals surface area contributed by atoms with E-state index in [9.17, 15) is 29.4 Å². The zero-order valence-corrected chi connectivity index (χ0v) is 21.4. The van der Waals surface area contributed by atoms with Crippen LogP contribution < -0.4 is 21.7 Å². The molecule has 4 unspecified atom stereocenters. The first-order valence-electron chi connectivity index (χ1n) is 12.0. The van der Waals surface area contributed by atoms with E-state index in [1.165, 1.54) is 24.7 Å². The van der Waals surface area contributed by atoms with Crippen LogP contribution in [-0.4, -0.2) is 68.0 Å². The number of rotatable bonds is 13. The van der Waals surface area contributed by atoms with Crippen molar-refractivity contribution >= 4 is 23.7 Å². The van der Waals surface area contributed by atoms with Crippen LogP contribution >= 0.6 is 0 Å². The minimum Gasteiger partial charge on any atom is -0.508 e. The van der Waals surface area contributed by atoms with E-state index in [4.69, 9.17) is 5.73 Å². The number of nitrogens with two attached hydrogens (primary N) is 1. The maximum absolute atomic E-state index is 13.1. The molecule has 202 valence electrons. The second kappa shape index (κ2) is 13.4. The van der Waals surface area contributed by atoms with Gasteiger partial charge < -0.3 is 36.9 Å². The average Bonchev–Trinajstić information content (AvgIpc) is 3.34. The smallest absolute Gasteiger partial charge is 0.326 e. The summed E-state index contributed by atoms with van der Waals surface area (Å²) < 4.78 is 0. The number of aromatic nitrogens is 2. The lowest BCUT2D eigenvalue weighted by molar-refractivity contribution is -0.142. The van der Waals surface area contributed by atoms with Gasteiger partial charge in [-0.05, 0) is 36.0 Å². The third-order valence-electron chi connectivity index (χ3n) is 5.82. The molecule has 0 fully saturated rings. The minimum atomic E-state index is -1.23. The molecule has 2 aromatic rings. The summed E-state index contributed by atoms with van der Waals surface area (Å²) in [5.74, 6) is -3.62. The number of amides is 3. The molecule has 4 atom stereocenters. The van der Waals surface area contributed by atoms with Crippen LogP contribution in [0.1, 0.15) is 39.0 Å². The number of nitrogens with one attached hydrogen (secondary N) is 4. The zero-order chi connectivity index (χ0) is 27.7. The molecular weight excluding hydrogens is 480 g/mol. The number of aromatic hydroxyl groups is 1. The van der Waals surface area contributed by atoms with Gasteiger partial charge in [0.2, 0.25) is 17.7 Å². The molecule has 37 heavy (non-hydrogen) atoms. The largest absolute Gasteiger partial charge is 0.508 e. The summed E-state index contributed by atoms with van der Waals surface area (Å²) >= 11 is 0. The second-order valence-electron chi connectivity index (χ2n) is 9.62. The molecule has 1 aromatic heterocycles. The van der Waals surface area contributed by atoms with Crippen molar-refractivity contribution in [1.82, 2.24) is 25.9 Å². The number of carbonyl (C=O) groups is 4. The van der Waals surface area contributed by atoms with Crippen molar-refractivity contribution in [3.8, 4) is 5.75 Å². The van der Waals surface area contributed by atoms with Gasteiger partial charge in [0.15, 0.2) is 0 Å². The van der Waals surface area contributed by atoms with Crippen molar-refractivity contribution in [3.05, 3.63) is 48.0 Å². The topological polar surface area (TPSA) is 200 Å². The highest BCUT2D eigenvalue weighted by Crippen LogP contribution is 2.12. The number of hydrogen-bond acceptors (Lipinski definition) is 7. The molecule has 12 nitrogen and oxygen atoms in total. The molecule has 0 aliphatic carbocycles. The van der Waals surface area contributed by atoms with Crippen molar-refractivity contribution in [2.24, 2.45) is 17.6 Å². The molecule has 0 spiro atoms. The van der Waals surface area contributed by atoms with Crippen LogP contribution in [0.25, 0.3) is 0 Å². The van der Waals surface area contributed by atoms with Crippen molar-refractivity contribution in [1.29, 1.82) is 0 Å². The van der Waals surface area contributed by atoms with Crippen LogP contribution in [0.15, 0.2) is 36.8 Å². The van der Waals surface area contributed by atoms with E-state index in [1.54, 1.807) is 39.8 Å². The number of H-pyrrole nitrogens is 1. The molecule has 0 bridgehead atoms. The number of benzene rings is 1. The summed E-state index contributed by atoms with van der Waals surface area (Å²) in [5.41, 5.74) is 7.31. The zero-order valence-electron chi connectivity index (χ0n) is 21.4. The van der Waals surface area contributed by atoms with E-state index < -0.39 is 47.9 Å². The molecular formula is C25H36N6O6. The van der Waals surface area contributed by atoms with Crippen molar-refractivity contribution < 1.29 is 29.4 Å². The van der Waals surface area contributed by atoms with Crippen LogP contribution in [0.2, 0.25) is 0 Å². The van der Waals surface area contributed by atoms with Crippen LogP contribution in [0.4, 0.5) is 0 Å². The van der Waals surface area contributed by atoms with Gasteiger partial charge in [-0.1, -0.05) is 39.8 Å². The Hall–Kier alpha value is -3.93. The number of aromatic amines is 1. The molecule has 1 heterocycles. The number of phenolic OH excluding ortho intramolecular Hbond substituents is 1. The number of carboxylic acids is 1. The van der Waals surface area contributed by atoms with Crippen molar-refractivity contribution in [2.45, 2.75) is 64.7 Å². The first-order valence-corrected chi connectivity index (χ1v) is 12.0. The molecule has 8 N–H and O–H groups in total. The molecule has 0 saturated carbocycles. The summed E-state index contributed by atoms with van der Waals surface area (Å²) in [5, 5.41) is 26.7. The Balaban J connectivity index is 2.05.